The highest BCUT2D eigenvalue weighted by atomic mass is 19.1. The molecule has 2 aromatic rings. The molecule has 2 aromatic carbocycles. The van der Waals surface area contributed by atoms with Gasteiger partial charge in [-0.2, -0.15) is 0 Å². The van der Waals surface area contributed by atoms with Crippen molar-refractivity contribution >= 4 is 11.6 Å². The van der Waals surface area contributed by atoms with Crippen molar-refractivity contribution in [2.24, 2.45) is 5.92 Å². The molecule has 0 radical (unpaired) electrons. The van der Waals surface area contributed by atoms with Gasteiger partial charge in [-0.3, -0.25) is 4.79 Å². The SMILES string of the molecule is CC(C)c1ccc(C2CC2C(=O)Nc2ccc3c(c2F)CCNC3)cc1. The quantitative estimate of drug-likeness (QED) is 0.859. The Hall–Kier alpha value is -2.20. The van der Waals surface area contributed by atoms with Gasteiger partial charge >= 0.3 is 0 Å². The lowest BCUT2D eigenvalue weighted by Crippen LogP contribution is -2.25. The van der Waals surface area contributed by atoms with E-state index in [-0.39, 0.29) is 23.6 Å². The molecule has 2 N–H and O–H groups in total. The molecule has 0 aromatic heterocycles. The second-order valence-electron chi connectivity index (χ2n) is 7.75. The van der Waals surface area contributed by atoms with Crippen molar-refractivity contribution in [1.82, 2.24) is 5.32 Å². The van der Waals surface area contributed by atoms with Gasteiger partial charge < -0.3 is 10.6 Å². The van der Waals surface area contributed by atoms with Gasteiger partial charge in [0.05, 0.1) is 5.69 Å². The fraction of sp³-hybridized carbons (Fsp3) is 0.409. The van der Waals surface area contributed by atoms with Crippen LogP contribution in [0, 0.1) is 11.7 Å². The molecule has 0 spiro atoms. The first kappa shape index (κ1) is 17.2. The smallest absolute Gasteiger partial charge is 0.228 e. The molecular weight excluding hydrogens is 327 g/mol. The van der Waals surface area contributed by atoms with Crippen LogP contribution >= 0.6 is 0 Å². The molecule has 4 heteroatoms. The van der Waals surface area contributed by atoms with Gasteiger partial charge in [0.2, 0.25) is 5.91 Å². The van der Waals surface area contributed by atoms with E-state index in [1.807, 2.05) is 6.07 Å². The Kier molecular flexibility index (Phi) is 4.53. The van der Waals surface area contributed by atoms with Crippen LogP contribution in [0.4, 0.5) is 10.1 Å². The first-order valence-corrected chi connectivity index (χ1v) is 9.46. The zero-order chi connectivity index (χ0) is 18.3. The van der Waals surface area contributed by atoms with Gasteiger partial charge in [-0.15, -0.1) is 0 Å². The maximum atomic E-state index is 14.7. The molecule has 0 bridgehead atoms. The summed E-state index contributed by atoms with van der Waals surface area (Å²) in [5.74, 6) is 0.356. The Morgan fingerprint density at radius 3 is 2.69 bits per heavy atom. The van der Waals surface area contributed by atoms with Crippen molar-refractivity contribution in [3.63, 3.8) is 0 Å². The Morgan fingerprint density at radius 2 is 1.96 bits per heavy atom. The van der Waals surface area contributed by atoms with Gasteiger partial charge in [-0.05, 0) is 59.5 Å². The minimum atomic E-state index is -0.268. The van der Waals surface area contributed by atoms with Gasteiger partial charge in [-0.1, -0.05) is 44.2 Å². The second-order valence-corrected chi connectivity index (χ2v) is 7.75. The zero-order valence-electron chi connectivity index (χ0n) is 15.3. The largest absolute Gasteiger partial charge is 0.323 e. The number of amides is 1. The first-order valence-electron chi connectivity index (χ1n) is 9.46. The van der Waals surface area contributed by atoms with Crippen LogP contribution in [0.5, 0.6) is 0 Å². The molecule has 0 saturated heterocycles. The summed E-state index contributed by atoms with van der Waals surface area (Å²) < 4.78 is 14.7. The number of hydrogen-bond donors (Lipinski definition) is 2. The minimum Gasteiger partial charge on any atom is -0.323 e. The minimum absolute atomic E-state index is 0.0583. The van der Waals surface area contributed by atoms with Crippen LogP contribution in [-0.4, -0.2) is 12.5 Å². The number of fused-ring (bicyclic) bond motifs is 1. The van der Waals surface area contributed by atoms with Crippen LogP contribution in [0.2, 0.25) is 0 Å². The topological polar surface area (TPSA) is 41.1 Å². The molecule has 26 heavy (non-hydrogen) atoms. The summed E-state index contributed by atoms with van der Waals surface area (Å²) in [4.78, 5) is 12.6. The first-order chi connectivity index (χ1) is 12.5. The lowest BCUT2D eigenvalue weighted by Gasteiger charge is -2.19. The van der Waals surface area contributed by atoms with Gasteiger partial charge in [-0.25, -0.2) is 4.39 Å². The molecule has 4 rings (SSSR count). The van der Waals surface area contributed by atoms with Crippen molar-refractivity contribution < 1.29 is 9.18 Å². The predicted molar refractivity (Wildman–Crippen MR) is 102 cm³/mol. The van der Waals surface area contributed by atoms with E-state index in [9.17, 15) is 9.18 Å². The normalized spacial score (nSPS) is 21.4. The lowest BCUT2D eigenvalue weighted by molar-refractivity contribution is -0.117. The molecular formula is C22H25FN2O. The van der Waals surface area contributed by atoms with E-state index in [4.69, 9.17) is 0 Å². The Labute approximate surface area is 154 Å². The number of halogens is 1. The fourth-order valence-corrected chi connectivity index (χ4v) is 3.84. The highest BCUT2D eigenvalue weighted by Crippen LogP contribution is 2.48. The van der Waals surface area contributed by atoms with Crippen molar-refractivity contribution in [1.29, 1.82) is 0 Å². The van der Waals surface area contributed by atoms with Crippen LogP contribution in [-0.2, 0) is 17.8 Å². The number of carbonyl (C=O) groups is 1. The molecule has 1 fully saturated rings. The summed E-state index contributed by atoms with van der Waals surface area (Å²) >= 11 is 0. The summed E-state index contributed by atoms with van der Waals surface area (Å²) in [5.41, 5.74) is 4.54. The van der Waals surface area contributed by atoms with Gasteiger partial charge in [0, 0.05) is 12.5 Å². The third-order valence-corrected chi connectivity index (χ3v) is 5.62. The van der Waals surface area contributed by atoms with E-state index in [0.717, 1.165) is 24.1 Å². The summed E-state index contributed by atoms with van der Waals surface area (Å²) in [5, 5.41) is 6.05. The molecule has 1 saturated carbocycles. The van der Waals surface area contributed by atoms with E-state index in [2.05, 4.69) is 48.7 Å². The van der Waals surface area contributed by atoms with Crippen molar-refractivity contribution in [3.05, 3.63) is 64.5 Å². The lowest BCUT2D eigenvalue weighted by atomic mass is 9.99. The number of carbonyl (C=O) groups excluding carboxylic acids is 1. The van der Waals surface area contributed by atoms with Crippen LogP contribution < -0.4 is 10.6 Å². The highest BCUT2D eigenvalue weighted by Gasteiger charge is 2.44. The maximum Gasteiger partial charge on any atom is 0.228 e. The number of anilines is 1. The van der Waals surface area contributed by atoms with Crippen LogP contribution in [0.3, 0.4) is 0 Å². The number of hydrogen-bond acceptors (Lipinski definition) is 2. The molecule has 1 aliphatic carbocycles. The average Bonchev–Trinajstić information content (AvgIpc) is 3.45. The van der Waals surface area contributed by atoms with Crippen molar-refractivity contribution in [3.8, 4) is 0 Å². The third kappa shape index (κ3) is 3.26. The third-order valence-electron chi connectivity index (χ3n) is 5.62. The predicted octanol–water partition coefficient (Wildman–Crippen LogP) is 4.34. The van der Waals surface area contributed by atoms with Crippen LogP contribution in [0.25, 0.3) is 0 Å². The summed E-state index contributed by atoms with van der Waals surface area (Å²) in [6.07, 6.45) is 1.50. The standard InChI is InChI=1S/C22H25FN2O/c1-13(2)14-3-5-15(6-4-14)18-11-19(18)22(26)25-20-8-7-16-12-24-10-9-17(16)21(20)23/h3-8,13,18-19,24H,9-12H2,1-2H3,(H,25,26). The van der Waals surface area contributed by atoms with Gasteiger partial charge in [0.25, 0.3) is 0 Å². The molecule has 3 nitrogen and oxygen atoms in total. The summed E-state index contributed by atoms with van der Waals surface area (Å²) in [7, 11) is 0. The molecule has 1 aliphatic heterocycles. The number of rotatable bonds is 4. The van der Waals surface area contributed by atoms with Crippen LogP contribution in [0.15, 0.2) is 36.4 Å². The zero-order valence-corrected chi connectivity index (χ0v) is 15.3. The van der Waals surface area contributed by atoms with Gasteiger partial charge in [0.1, 0.15) is 5.82 Å². The molecule has 2 aliphatic rings. The Balaban J connectivity index is 1.43. The maximum absolute atomic E-state index is 14.7. The van der Waals surface area contributed by atoms with E-state index < -0.39 is 0 Å². The van der Waals surface area contributed by atoms with E-state index >= 15 is 0 Å². The summed E-state index contributed by atoms with van der Waals surface area (Å²) in [6.45, 7) is 5.81. The van der Waals surface area contributed by atoms with E-state index in [1.165, 1.54) is 11.1 Å². The molecule has 1 amide bonds. The highest BCUT2D eigenvalue weighted by molar-refractivity contribution is 5.95. The average molecular weight is 352 g/mol. The Morgan fingerprint density at radius 1 is 1.19 bits per heavy atom. The second kappa shape index (κ2) is 6.84. The molecule has 2 unspecified atom stereocenters. The van der Waals surface area contributed by atoms with E-state index in [1.54, 1.807) is 6.07 Å². The fourth-order valence-electron chi connectivity index (χ4n) is 3.84. The Bertz CT molecular complexity index is 829. The van der Waals surface area contributed by atoms with Gasteiger partial charge in [0.15, 0.2) is 0 Å². The van der Waals surface area contributed by atoms with Crippen LogP contribution in [0.1, 0.15) is 54.4 Å². The van der Waals surface area contributed by atoms with Crippen molar-refractivity contribution in [2.45, 2.75) is 45.1 Å². The molecule has 2 atom stereocenters. The molecule has 1 heterocycles. The summed E-state index contributed by atoms with van der Waals surface area (Å²) in [6, 6.07) is 12.1. The molecule has 136 valence electrons. The van der Waals surface area contributed by atoms with E-state index in [0.29, 0.717) is 24.6 Å². The number of nitrogens with one attached hydrogen (secondary N) is 2. The number of benzene rings is 2. The van der Waals surface area contributed by atoms with Crippen molar-refractivity contribution in [2.75, 3.05) is 11.9 Å². The monoisotopic (exact) mass is 352 g/mol.